The predicted octanol–water partition coefficient (Wildman–Crippen LogP) is 2.08. The van der Waals surface area contributed by atoms with E-state index in [1.807, 2.05) is 0 Å². The van der Waals surface area contributed by atoms with Gasteiger partial charge in [0.15, 0.2) is 8.32 Å². The number of hydrogen-bond donors (Lipinski definition) is 4. The Balaban J connectivity index is 1.71. The standard InChI is InChI=1S/C24H49N5O5Si2/c1-22(2,3)35(10,11)33-17-16-14(12-31-36(34-16,23(4,5)6)24(7,8)9)32-20(17)29-13-26-15-18(29)27-21(25)28-19(15)30/h14-18,20-21,26-27H,12-13,25H2,1-11H3,(H,28,30)/t14-,15?,16-,17-,18?,20-,21?/m1/s1. The number of rotatable bonds is 3. The molecule has 4 saturated heterocycles. The average Bonchev–Trinajstić information content (AvgIpc) is 3.26. The van der Waals surface area contributed by atoms with Crippen LogP contribution in [0, 0.1) is 0 Å². The van der Waals surface area contributed by atoms with Crippen LogP contribution in [-0.4, -0.2) is 84.0 Å². The molecule has 4 rings (SSSR count). The van der Waals surface area contributed by atoms with E-state index in [9.17, 15) is 4.79 Å². The van der Waals surface area contributed by atoms with Gasteiger partial charge in [0, 0.05) is 10.1 Å². The van der Waals surface area contributed by atoms with Gasteiger partial charge in [-0.15, -0.1) is 0 Å². The molecule has 5 N–H and O–H groups in total. The van der Waals surface area contributed by atoms with Crippen molar-refractivity contribution in [2.45, 2.75) is 134 Å². The molecule has 7 atom stereocenters. The molecule has 1 amide bonds. The van der Waals surface area contributed by atoms with Gasteiger partial charge in [-0.25, -0.2) is 4.90 Å². The molecule has 208 valence electrons. The van der Waals surface area contributed by atoms with Crippen molar-refractivity contribution < 1.29 is 22.8 Å². The van der Waals surface area contributed by atoms with Gasteiger partial charge in [-0.1, -0.05) is 62.3 Å². The zero-order valence-corrected chi connectivity index (χ0v) is 26.0. The number of carbonyl (C=O) groups excluding carboxylic acids is 1. The van der Waals surface area contributed by atoms with Gasteiger partial charge in [-0.2, -0.15) is 0 Å². The Hall–Kier alpha value is -0.416. The lowest BCUT2D eigenvalue weighted by Gasteiger charge is -2.54. The van der Waals surface area contributed by atoms with Gasteiger partial charge < -0.3 is 23.3 Å². The highest BCUT2D eigenvalue weighted by Crippen LogP contribution is 2.56. The second kappa shape index (κ2) is 9.07. The summed E-state index contributed by atoms with van der Waals surface area (Å²) in [7, 11) is -4.94. The van der Waals surface area contributed by atoms with Crippen LogP contribution in [0.4, 0.5) is 0 Å². The Morgan fingerprint density at radius 3 is 2.25 bits per heavy atom. The summed E-state index contributed by atoms with van der Waals surface area (Å²) in [6, 6.07) is -0.417. The summed E-state index contributed by atoms with van der Waals surface area (Å²) in [6.07, 6.45) is -2.16. The number of carbonyl (C=O) groups is 1. The van der Waals surface area contributed by atoms with Gasteiger partial charge in [-0.3, -0.25) is 21.2 Å². The van der Waals surface area contributed by atoms with E-state index >= 15 is 0 Å². The minimum absolute atomic E-state index is 0.0144. The first-order chi connectivity index (χ1) is 16.3. The summed E-state index contributed by atoms with van der Waals surface area (Å²) in [5.41, 5.74) is 6.08. The predicted molar refractivity (Wildman–Crippen MR) is 143 cm³/mol. The zero-order chi connectivity index (χ0) is 27.1. The maximum absolute atomic E-state index is 12.6. The fourth-order valence-electron chi connectivity index (χ4n) is 5.98. The topological polar surface area (TPSA) is 119 Å². The molecule has 0 aromatic rings. The second-order valence-corrected chi connectivity index (χ2v) is 23.9. The number of nitrogens with one attached hydrogen (secondary N) is 3. The van der Waals surface area contributed by atoms with Crippen molar-refractivity contribution in [3.8, 4) is 0 Å². The largest absolute Gasteiger partial charge is 0.407 e. The van der Waals surface area contributed by atoms with Crippen LogP contribution < -0.4 is 21.7 Å². The first-order valence-electron chi connectivity index (χ1n) is 13.3. The van der Waals surface area contributed by atoms with E-state index in [4.69, 9.17) is 23.7 Å². The normalized spacial score (nSPS) is 38.0. The zero-order valence-electron chi connectivity index (χ0n) is 24.0. The summed E-state index contributed by atoms with van der Waals surface area (Å²) in [5.74, 6) is -0.113. The van der Waals surface area contributed by atoms with Crippen molar-refractivity contribution in [1.29, 1.82) is 0 Å². The van der Waals surface area contributed by atoms with Crippen LogP contribution in [0.3, 0.4) is 0 Å². The number of ether oxygens (including phenoxy) is 1. The molecule has 10 nitrogen and oxygen atoms in total. The van der Waals surface area contributed by atoms with Crippen LogP contribution in [0.25, 0.3) is 0 Å². The third kappa shape index (κ3) is 4.65. The van der Waals surface area contributed by atoms with Crippen molar-refractivity contribution in [1.82, 2.24) is 20.9 Å². The molecule has 4 fully saturated rings. The summed E-state index contributed by atoms with van der Waals surface area (Å²) >= 11 is 0. The molecule has 0 saturated carbocycles. The van der Waals surface area contributed by atoms with Gasteiger partial charge in [0.25, 0.3) is 0 Å². The van der Waals surface area contributed by atoms with Crippen molar-refractivity contribution >= 4 is 22.8 Å². The Labute approximate surface area is 219 Å². The van der Waals surface area contributed by atoms with Crippen LogP contribution in [0.2, 0.25) is 28.2 Å². The van der Waals surface area contributed by atoms with E-state index < -0.39 is 35.4 Å². The maximum atomic E-state index is 12.6. The smallest absolute Gasteiger partial charge is 0.349 e. The quantitative estimate of drug-likeness (QED) is 0.397. The Morgan fingerprint density at radius 1 is 1.08 bits per heavy atom. The van der Waals surface area contributed by atoms with Crippen LogP contribution >= 0.6 is 0 Å². The van der Waals surface area contributed by atoms with Gasteiger partial charge in [0.05, 0.1) is 19.4 Å². The summed E-state index contributed by atoms with van der Waals surface area (Å²) in [5, 5.41) is 9.12. The third-order valence-corrected chi connectivity index (χ3v) is 18.3. The minimum atomic E-state index is -2.74. The molecule has 36 heavy (non-hydrogen) atoms. The van der Waals surface area contributed by atoms with Gasteiger partial charge in [0.1, 0.15) is 36.9 Å². The lowest BCUT2D eigenvalue weighted by atomic mass is 10.1. The Bertz CT molecular complexity index is 841. The molecule has 0 aromatic heterocycles. The second-order valence-electron chi connectivity index (χ2n) is 14.4. The average molecular weight is 544 g/mol. The van der Waals surface area contributed by atoms with E-state index in [0.29, 0.717) is 13.3 Å². The SMILES string of the molecule is CC(C)(C)[Si](C)(C)O[C@@H]1[C@@H]2O[Si](C(C)(C)C)(C(C)(C)C)OC[C@H]2O[C@H]1N1CNC2C(=O)NC(N)NC21. The highest BCUT2D eigenvalue weighted by atomic mass is 28.4. The van der Waals surface area contributed by atoms with E-state index in [1.54, 1.807) is 0 Å². The maximum Gasteiger partial charge on any atom is 0.349 e. The lowest BCUT2D eigenvalue weighted by molar-refractivity contribution is -0.133. The summed E-state index contributed by atoms with van der Waals surface area (Å²) < 4.78 is 27.7. The fraction of sp³-hybridized carbons (Fsp3) is 0.958. The van der Waals surface area contributed by atoms with Crippen LogP contribution in [0.15, 0.2) is 0 Å². The molecular formula is C24H49N5O5Si2. The Morgan fingerprint density at radius 2 is 1.69 bits per heavy atom. The molecular weight excluding hydrogens is 494 g/mol. The van der Waals surface area contributed by atoms with Crippen LogP contribution in [-0.2, 0) is 22.8 Å². The lowest BCUT2D eigenvalue weighted by Crippen LogP contribution is -2.71. The van der Waals surface area contributed by atoms with Crippen molar-refractivity contribution in [2.75, 3.05) is 13.3 Å². The number of nitrogens with two attached hydrogens (primary N) is 1. The minimum Gasteiger partial charge on any atom is -0.407 e. The molecule has 0 spiro atoms. The highest BCUT2D eigenvalue weighted by Gasteiger charge is 2.66. The number of fused-ring (bicyclic) bond motifs is 2. The van der Waals surface area contributed by atoms with Gasteiger partial charge >= 0.3 is 8.56 Å². The monoisotopic (exact) mass is 543 g/mol. The van der Waals surface area contributed by atoms with Crippen LogP contribution in [0.1, 0.15) is 62.3 Å². The van der Waals surface area contributed by atoms with E-state index in [-0.39, 0.29) is 45.5 Å². The van der Waals surface area contributed by atoms with E-state index in [1.165, 1.54) is 0 Å². The van der Waals surface area contributed by atoms with Crippen molar-refractivity contribution in [2.24, 2.45) is 5.73 Å². The number of nitrogens with zero attached hydrogens (tertiary/aromatic N) is 1. The van der Waals surface area contributed by atoms with Gasteiger partial charge in [0.2, 0.25) is 5.91 Å². The highest BCUT2D eigenvalue weighted by molar-refractivity contribution is 6.74. The van der Waals surface area contributed by atoms with E-state index in [2.05, 4.69) is 96.3 Å². The first kappa shape index (κ1) is 28.6. The van der Waals surface area contributed by atoms with Crippen molar-refractivity contribution in [3.63, 3.8) is 0 Å². The summed E-state index contributed by atoms with van der Waals surface area (Å²) in [4.78, 5) is 14.8. The van der Waals surface area contributed by atoms with Crippen LogP contribution in [0.5, 0.6) is 0 Å². The van der Waals surface area contributed by atoms with Crippen molar-refractivity contribution in [3.05, 3.63) is 0 Å². The Kier molecular flexibility index (Phi) is 7.20. The van der Waals surface area contributed by atoms with E-state index in [0.717, 1.165) is 0 Å². The third-order valence-electron chi connectivity index (χ3n) is 8.67. The molecule has 4 aliphatic rings. The fourth-order valence-corrected chi connectivity index (χ4v) is 12.2. The van der Waals surface area contributed by atoms with Gasteiger partial charge in [-0.05, 0) is 18.1 Å². The molecule has 12 heteroatoms. The number of amides is 1. The molecule has 4 heterocycles. The summed E-state index contributed by atoms with van der Waals surface area (Å²) in [6.45, 7) is 25.6. The molecule has 4 aliphatic heterocycles. The molecule has 0 bridgehead atoms. The molecule has 0 radical (unpaired) electrons. The number of hydrogen-bond acceptors (Lipinski definition) is 9. The molecule has 0 aliphatic carbocycles. The molecule has 3 unspecified atom stereocenters. The first-order valence-corrected chi connectivity index (χ1v) is 18.0. The molecule has 0 aromatic carbocycles.